The number of hydrogen-bond acceptors (Lipinski definition) is 2. The summed E-state index contributed by atoms with van der Waals surface area (Å²) in [4.78, 5) is 11.3. The quantitative estimate of drug-likeness (QED) is 0.711. The smallest absolute Gasteiger partial charge is 0.335 e. The van der Waals surface area contributed by atoms with E-state index >= 15 is 0 Å². The van der Waals surface area contributed by atoms with Gasteiger partial charge in [-0.05, 0) is 25.3 Å². The van der Waals surface area contributed by atoms with Gasteiger partial charge in [0.15, 0.2) is 0 Å². The van der Waals surface area contributed by atoms with Gasteiger partial charge in [0, 0.05) is 6.04 Å². The number of amides is 2. The molecule has 4 nitrogen and oxygen atoms in total. The van der Waals surface area contributed by atoms with Gasteiger partial charge in [0.25, 0.3) is 0 Å². The van der Waals surface area contributed by atoms with Crippen LogP contribution in [-0.4, -0.2) is 31.3 Å². The van der Waals surface area contributed by atoms with Gasteiger partial charge in [-0.1, -0.05) is 12.8 Å². The van der Waals surface area contributed by atoms with Gasteiger partial charge < -0.3 is 16.4 Å². The Morgan fingerprint density at radius 3 is 2.53 bits per heavy atom. The van der Waals surface area contributed by atoms with Crippen molar-refractivity contribution in [2.45, 2.75) is 37.9 Å². The second-order valence-electron chi connectivity index (χ2n) is 4.33. The Morgan fingerprint density at radius 1 is 1.29 bits per heavy atom. The molecule has 0 radical (unpaired) electrons. The van der Waals surface area contributed by atoms with Crippen LogP contribution < -0.4 is 16.4 Å². The number of rotatable bonds is 3. The molecular formula is C10H18F3N3O. The number of halogens is 3. The molecule has 1 aliphatic carbocycles. The molecule has 7 heteroatoms. The van der Waals surface area contributed by atoms with Crippen molar-refractivity contribution >= 4 is 6.03 Å². The molecule has 1 rings (SSSR count). The molecule has 2 unspecified atom stereocenters. The van der Waals surface area contributed by atoms with E-state index < -0.39 is 18.8 Å². The third-order valence-electron chi connectivity index (χ3n) is 2.98. The Morgan fingerprint density at radius 2 is 1.94 bits per heavy atom. The first kappa shape index (κ1) is 14.1. The number of carbonyl (C=O) groups excluding carboxylic acids is 1. The zero-order chi connectivity index (χ0) is 12.9. The van der Waals surface area contributed by atoms with E-state index in [4.69, 9.17) is 5.73 Å². The van der Waals surface area contributed by atoms with Crippen LogP contribution in [-0.2, 0) is 0 Å². The van der Waals surface area contributed by atoms with Crippen LogP contribution in [0, 0.1) is 5.92 Å². The molecule has 0 aromatic heterocycles. The number of alkyl halides is 3. The van der Waals surface area contributed by atoms with Gasteiger partial charge in [-0.15, -0.1) is 0 Å². The van der Waals surface area contributed by atoms with Crippen molar-refractivity contribution in [2.75, 3.05) is 13.1 Å². The monoisotopic (exact) mass is 253 g/mol. The van der Waals surface area contributed by atoms with Gasteiger partial charge in [-0.2, -0.15) is 13.2 Å². The molecule has 1 saturated carbocycles. The molecule has 0 aromatic rings. The van der Waals surface area contributed by atoms with Crippen LogP contribution in [0.3, 0.4) is 0 Å². The molecule has 0 bridgehead atoms. The van der Waals surface area contributed by atoms with Crippen LogP contribution in [0.1, 0.15) is 25.7 Å². The Labute approximate surface area is 98.1 Å². The van der Waals surface area contributed by atoms with Gasteiger partial charge in [0.05, 0.1) is 0 Å². The van der Waals surface area contributed by atoms with Crippen molar-refractivity contribution < 1.29 is 18.0 Å². The zero-order valence-electron chi connectivity index (χ0n) is 9.52. The van der Waals surface area contributed by atoms with E-state index in [1.54, 1.807) is 5.32 Å². The van der Waals surface area contributed by atoms with E-state index in [1.807, 2.05) is 0 Å². The lowest BCUT2D eigenvalue weighted by atomic mass is 9.84. The summed E-state index contributed by atoms with van der Waals surface area (Å²) in [6.45, 7) is -0.858. The summed E-state index contributed by atoms with van der Waals surface area (Å²) in [5.41, 5.74) is 5.56. The first-order chi connectivity index (χ1) is 7.92. The summed E-state index contributed by atoms with van der Waals surface area (Å²) in [5.74, 6) is 0.167. The molecule has 0 spiro atoms. The summed E-state index contributed by atoms with van der Waals surface area (Å²) in [6.07, 6.45) is -0.649. The average Bonchev–Trinajstić information content (AvgIpc) is 2.26. The summed E-state index contributed by atoms with van der Waals surface area (Å²) in [5, 5.41) is 4.36. The molecule has 0 aliphatic heterocycles. The Balaban J connectivity index is 2.33. The van der Waals surface area contributed by atoms with Crippen molar-refractivity contribution in [3.05, 3.63) is 0 Å². The van der Waals surface area contributed by atoms with Crippen molar-refractivity contribution in [1.82, 2.24) is 10.6 Å². The summed E-state index contributed by atoms with van der Waals surface area (Å²) < 4.78 is 35.6. The van der Waals surface area contributed by atoms with Crippen LogP contribution in [0.25, 0.3) is 0 Å². The minimum absolute atomic E-state index is 0.109. The fourth-order valence-electron chi connectivity index (χ4n) is 2.08. The first-order valence-electron chi connectivity index (χ1n) is 5.73. The van der Waals surface area contributed by atoms with E-state index in [0.29, 0.717) is 6.54 Å². The standard InChI is InChI=1S/C10H18F3N3O/c11-10(12,13)6-15-9(17)16-8-4-2-1-3-7(8)5-14/h7-8H,1-6,14H2,(H2,15,16,17). The molecule has 1 fully saturated rings. The van der Waals surface area contributed by atoms with Gasteiger partial charge in [-0.25, -0.2) is 4.79 Å². The minimum atomic E-state index is -4.38. The third-order valence-corrected chi connectivity index (χ3v) is 2.98. The predicted molar refractivity (Wildman–Crippen MR) is 57.4 cm³/mol. The Hall–Kier alpha value is -0.980. The molecule has 100 valence electrons. The first-order valence-corrected chi connectivity index (χ1v) is 5.73. The maximum absolute atomic E-state index is 11.9. The summed E-state index contributed by atoms with van der Waals surface area (Å²) >= 11 is 0. The highest BCUT2D eigenvalue weighted by molar-refractivity contribution is 5.74. The van der Waals surface area contributed by atoms with E-state index in [9.17, 15) is 18.0 Å². The van der Waals surface area contributed by atoms with E-state index in [-0.39, 0.29) is 12.0 Å². The number of nitrogens with one attached hydrogen (secondary N) is 2. The fourth-order valence-corrected chi connectivity index (χ4v) is 2.08. The highest BCUT2D eigenvalue weighted by Gasteiger charge is 2.29. The molecule has 0 aromatic carbocycles. The average molecular weight is 253 g/mol. The lowest BCUT2D eigenvalue weighted by molar-refractivity contribution is -0.122. The number of urea groups is 1. The van der Waals surface area contributed by atoms with Gasteiger partial charge in [0.1, 0.15) is 6.54 Å². The maximum Gasteiger partial charge on any atom is 0.405 e. The topological polar surface area (TPSA) is 67.1 Å². The molecule has 0 saturated heterocycles. The predicted octanol–water partition coefficient (Wildman–Crippen LogP) is 1.37. The van der Waals surface area contributed by atoms with Crippen molar-refractivity contribution in [3.8, 4) is 0 Å². The van der Waals surface area contributed by atoms with Crippen LogP contribution >= 0.6 is 0 Å². The van der Waals surface area contributed by atoms with E-state index in [2.05, 4.69) is 5.32 Å². The molecule has 2 amide bonds. The molecule has 0 heterocycles. The van der Waals surface area contributed by atoms with E-state index in [1.165, 1.54) is 0 Å². The highest BCUT2D eigenvalue weighted by atomic mass is 19.4. The lowest BCUT2D eigenvalue weighted by Crippen LogP contribution is -2.50. The maximum atomic E-state index is 11.9. The van der Waals surface area contributed by atoms with Crippen LogP contribution in [0.15, 0.2) is 0 Å². The van der Waals surface area contributed by atoms with Gasteiger partial charge >= 0.3 is 12.2 Å². The summed E-state index contributed by atoms with van der Waals surface area (Å²) in [6, 6.07) is -0.880. The highest BCUT2D eigenvalue weighted by Crippen LogP contribution is 2.23. The zero-order valence-corrected chi connectivity index (χ0v) is 9.52. The lowest BCUT2D eigenvalue weighted by Gasteiger charge is -2.31. The Bertz CT molecular complexity index is 258. The fraction of sp³-hybridized carbons (Fsp3) is 0.900. The molecule has 17 heavy (non-hydrogen) atoms. The molecular weight excluding hydrogens is 235 g/mol. The number of nitrogens with two attached hydrogens (primary N) is 1. The van der Waals surface area contributed by atoms with Gasteiger partial charge in [0.2, 0.25) is 0 Å². The molecule has 1 aliphatic rings. The second-order valence-corrected chi connectivity index (χ2v) is 4.33. The van der Waals surface area contributed by atoms with Crippen molar-refractivity contribution in [3.63, 3.8) is 0 Å². The number of hydrogen-bond donors (Lipinski definition) is 3. The second kappa shape index (κ2) is 6.09. The SMILES string of the molecule is NCC1CCCCC1NC(=O)NCC(F)(F)F. The van der Waals surface area contributed by atoms with Crippen LogP contribution in [0.2, 0.25) is 0 Å². The normalized spacial score (nSPS) is 25.4. The van der Waals surface area contributed by atoms with Gasteiger partial charge in [-0.3, -0.25) is 0 Å². The number of carbonyl (C=O) groups is 1. The summed E-state index contributed by atoms with van der Waals surface area (Å²) in [7, 11) is 0. The van der Waals surface area contributed by atoms with Crippen molar-refractivity contribution in [2.24, 2.45) is 11.7 Å². The van der Waals surface area contributed by atoms with Crippen LogP contribution in [0.4, 0.5) is 18.0 Å². The third kappa shape index (κ3) is 5.25. The van der Waals surface area contributed by atoms with Crippen molar-refractivity contribution in [1.29, 1.82) is 0 Å². The minimum Gasteiger partial charge on any atom is -0.335 e. The largest absolute Gasteiger partial charge is 0.405 e. The van der Waals surface area contributed by atoms with E-state index in [0.717, 1.165) is 25.7 Å². The van der Waals surface area contributed by atoms with Crippen LogP contribution in [0.5, 0.6) is 0 Å². The molecule has 2 atom stereocenters. The Kier molecular flexibility index (Phi) is 5.04. The molecule has 4 N–H and O–H groups in total.